The zero-order valence-corrected chi connectivity index (χ0v) is 11.0. The molecule has 0 bridgehead atoms. The van der Waals surface area contributed by atoms with Crippen LogP contribution in [0.2, 0.25) is 0 Å². The SMILES string of the molecule is Cc1nnc2c(N3CC(CO)OCC3C)nccn12. The van der Waals surface area contributed by atoms with E-state index < -0.39 is 0 Å². The summed E-state index contributed by atoms with van der Waals surface area (Å²) < 4.78 is 7.46. The highest BCUT2D eigenvalue weighted by atomic mass is 16.5. The quantitative estimate of drug-likeness (QED) is 0.823. The Kier molecular flexibility index (Phi) is 3.08. The molecule has 0 saturated carbocycles. The van der Waals surface area contributed by atoms with Gasteiger partial charge in [0.2, 0.25) is 5.65 Å². The van der Waals surface area contributed by atoms with Crippen molar-refractivity contribution >= 4 is 11.5 Å². The number of aliphatic hydroxyl groups excluding tert-OH is 1. The Hall–Kier alpha value is -1.73. The second kappa shape index (κ2) is 4.75. The van der Waals surface area contributed by atoms with Gasteiger partial charge in [0.15, 0.2) is 5.82 Å². The standard InChI is InChI=1S/C12H17N5O2/c1-8-7-19-10(6-18)5-17(8)11-12-15-14-9(2)16(12)4-3-13-11/h3-4,8,10,18H,5-7H2,1-2H3. The molecule has 0 radical (unpaired) electrons. The van der Waals surface area contributed by atoms with Crippen molar-refractivity contribution in [2.75, 3.05) is 24.7 Å². The van der Waals surface area contributed by atoms with Crippen molar-refractivity contribution in [3.05, 3.63) is 18.2 Å². The van der Waals surface area contributed by atoms with Gasteiger partial charge in [-0.3, -0.25) is 4.40 Å². The van der Waals surface area contributed by atoms with Crippen LogP contribution in [0, 0.1) is 6.92 Å². The lowest BCUT2D eigenvalue weighted by Crippen LogP contribution is -2.50. The van der Waals surface area contributed by atoms with E-state index in [2.05, 4.69) is 27.0 Å². The molecule has 1 aliphatic heterocycles. The van der Waals surface area contributed by atoms with Gasteiger partial charge in [-0.1, -0.05) is 0 Å². The number of rotatable bonds is 2. The number of hydrogen-bond acceptors (Lipinski definition) is 6. The zero-order chi connectivity index (χ0) is 13.4. The van der Waals surface area contributed by atoms with Crippen LogP contribution in [0.3, 0.4) is 0 Å². The van der Waals surface area contributed by atoms with Crippen molar-refractivity contribution in [1.29, 1.82) is 0 Å². The maximum atomic E-state index is 9.25. The first-order valence-corrected chi connectivity index (χ1v) is 6.36. The van der Waals surface area contributed by atoms with Crippen molar-refractivity contribution < 1.29 is 9.84 Å². The van der Waals surface area contributed by atoms with Gasteiger partial charge in [-0.05, 0) is 13.8 Å². The van der Waals surface area contributed by atoms with Crippen LogP contribution in [0.15, 0.2) is 12.4 Å². The highest BCUT2D eigenvalue weighted by Crippen LogP contribution is 2.23. The van der Waals surface area contributed by atoms with E-state index in [1.54, 1.807) is 6.20 Å². The van der Waals surface area contributed by atoms with Gasteiger partial charge in [0.05, 0.1) is 25.4 Å². The molecule has 2 unspecified atom stereocenters. The van der Waals surface area contributed by atoms with Crippen molar-refractivity contribution in [3.8, 4) is 0 Å². The molecule has 2 atom stereocenters. The minimum Gasteiger partial charge on any atom is -0.394 e. The molecule has 1 saturated heterocycles. The lowest BCUT2D eigenvalue weighted by atomic mass is 10.2. The molecular formula is C12H17N5O2. The Labute approximate surface area is 110 Å². The summed E-state index contributed by atoms with van der Waals surface area (Å²) >= 11 is 0. The van der Waals surface area contributed by atoms with Crippen LogP contribution in [0.4, 0.5) is 5.82 Å². The molecular weight excluding hydrogens is 246 g/mol. The van der Waals surface area contributed by atoms with Gasteiger partial charge < -0.3 is 14.7 Å². The predicted octanol–water partition coefficient (Wildman–Crippen LogP) is 0.0187. The summed E-state index contributed by atoms with van der Waals surface area (Å²) in [5.41, 5.74) is 0.741. The molecule has 0 amide bonds. The van der Waals surface area contributed by atoms with Crippen LogP contribution in [0.5, 0.6) is 0 Å². The number of aryl methyl sites for hydroxylation is 1. The highest BCUT2D eigenvalue weighted by molar-refractivity contribution is 5.64. The number of morpholine rings is 1. The number of fused-ring (bicyclic) bond motifs is 1. The normalized spacial score (nSPS) is 24.1. The minimum atomic E-state index is -0.178. The number of hydrogen-bond donors (Lipinski definition) is 1. The summed E-state index contributed by atoms with van der Waals surface area (Å²) in [6.45, 7) is 5.17. The van der Waals surface area contributed by atoms with Crippen molar-refractivity contribution in [2.45, 2.75) is 26.0 Å². The lowest BCUT2D eigenvalue weighted by molar-refractivity contribution is -0.0105. The second-order valence-electron chi connectivity index (χ2n) is 4.83. The van der Waals surface area contributed by atoms with E-state index in [1.807, 2.05) is 17.5 Å². The topological polar surface area (TPSA) is 75.8 Å². The summed E-state index contributed by atoms with van der Waals surface area (Å²) in [4.78, 5) is 6.55. The van der Waals surface area contributed by atoms with Gasteiger partial charge in [-0.2, -0.15) is 0 Å². The summed E-state index contributed by atoms with van der Waals surface area (Å²) in [6.07, 6.45) is 3.42. The Balaban J connectivity index is 2.02. The van der Waals surface area contributed by atoms with Crippen LogP contribution in [-0.2, 0) is 4.74 Å². The molecule has 0 spiro atoms. The molecule has 19 heavy (non-hydrogen) atoms. The third-order valence-corrected chi connectivity index (χ3v) is 3.46. The summed E-state index contributed by atoms with van der Waals surface area (Å²) in [5.74, 6) is 1.62. The number of aromatic nitrogens is 4. The fourth-order valence-electron chi connectivity index (χ4n) is 2.35. The molecule has 2 aromatic heterocycles. The molecule has 102 valence electrons. The van der Waals surface area contributed by atoms with E-state index in [0.29, 0.717) is 13.2 Å². The average Bonchev–Trinajstić information content (AvgIpc) is 2.81. The third-order valence-electron chi connectivity index (χ3n) is 3.46. The largest absolute Gasteiger partial charge is 0.394 e. The van der Waals surface area contributed by atoms with Gasteiger partial charge in [-0.25, -0.2) is 4.98 Å². The van der Waals surface area contributed by atoms with Gasteiger partial charge in [0.25, 0.3) is 0 Å². The molecule has 7 heteroatoms. The molecule has 2 aromatic rings. The van der Waals surface area contributed by atoms with Crippen molar-refractivity contribution in [3.63, 3.8) is 0 Å². The van der Waals surface area contributed by atoms with E-state index >= 15 is 0 Å². The number of nitrogens with zero attached hydrogens (tertiary/aromatic N) is 5. The maximum Gasteiger partial charge on any atom is 0.203 e. The molecule has 0 aliphatic carbocycles. The van der Waals surface area contributed by atoms with Crippen LogP contribution < -0.4 is 4.90 Å². The minimum absolute atomic E-state index is 0.0120. The first-order chi connectivity index (χ1) is 9.20. The van der Waals surface area contributed by atoms with E-state index in [9.17, 15) is 5.11 Å². The smallest absolute Gasteiger partial charge is 0.203 e. The van der Waals surface area contributed by atoms with Crippen LogP contribution >= 0.6 is 0 Å². The van der Waals surface area contributed by atoms with Crippen molar-refractivity contribution in [2.24, 2.45) is 0 Å². The Bertz CT molecular complexity index is 585. The molecule has 7 nitrogen and oxygen atoms in total. The summed E-state index contributed by atoms with van der Waals surface area (Å²) in [6, 6.07) is 0.193. The Morgan fingerprint density at radius 2 is 2.32 bits per heavy atom. The first-order valence-electron chi connectivity index (χ1n) is 6.36. The number of anilines is 1. The molecule has 3 rings (SSSR count). The van der Waals surface area contributed by atoms with Gasteiger partial charge >= 0.3 is 0 Å². The number of ether oxygens (including phenoxy) is 1. The fourth-order valence-corrected chi connectivity index (χ4v) is 2.35. The van der Waals surface area contributed by atoms with Crippen LogP contribution in [0.25, 0.3) is 5.65 Å². The zero-order valence-electron chi connectivity index (χ0n) is 11.0. The second-order valence-corrected chi connectivity index (χ2v) is 4.83. The van der Waals surface area contributed by atoms with E-state index in [0.717, 1.165) is 17.3 Å². The lowest BCUT2D eigenvalue weighted by Gasteiger charge is -2.38. The van der Waals surface area contributed by atoms with E-state index in [1.165, 1.54) is 0 Å². The van der Waals surface area contributed by atoms with Crippen molar-refractivity contribution in [1.82, 2.24) is 19.6 Å². The molecule has 0 aromatic carbocycles. The summed E-state index contributed by atoms with van der Waals surface area (Å²) in [5, 5.41) is 17.5. The van der Waals surface area contributed by atoms with Gasteiger partial charge in [0.1, 0.15) is 5.82 Å². The monoisotopic (exact) mass is 263 g/mol. The fraction of sp³-hybridized carbons (Fsp3) is 0.583. The molecule has 1 aliphatic rings. The van der Waals surface area contributed by atoms with Crippen LogP contribution in [0.1, 0.15) is 12.7 Å². The maximum absolute atomic E-state index is 9.25. The molecule has 3 heterocycles. The average molecular weight is 263 g/mol. The summed E-state index contributed by atoms with van der Waals surface area (Å²) in [7, 11) is 0. The first kappa shape index (κ1) is 12.3. The Morgan fingerprint density at radius 3 is 3.11 bits per heavy atom. The molecule has 1 N–H and O–H groups in total. The highest BCUT2D eigenvalue weighted by Gasteiger charge is 2.28. The van der Waals surface area contributed by atoms with E-state index in [-0.39, 0.29) is 18.8 Å². The van der Waals surface area contributed by atoms with Gasteiger partial charge in [-0.15, -0.1) is 10.2 Å². The Morgan fingerprint density at radius 1 is 1.47 bits per heavy atom. The molecule has 1 fully saturated rings. The van der Waals surface area contributed by atoms with Crippen LogP contribution in [-0.4, -0.2) is 56.6 Å². The van der Waals surface area contributed by atoms with Gasteiger partial charge in [0, 0.05) is 18.9 Å². The predicted molar refractivity (Wildman–Crippen MR) is 69.2 cm³/mol. The number of aliphatic hydroxyl groups is 1. The third kappa shape index (κ3) is 2.04. The van der Waals surface area contributed by atoms with E-state index in [4.69, 9.17) is 4.74 Å².